The second-order valence-corrected chi connectivity index (χ2v) is 4.34. The summed E-state index contributed by atoms with van der Waals surface area (Å²) in [6, 6.07) is 2.83. The number of hydrogen-bond acceptors (Lipinski definition) is 3. The minimum absolute atomic E-state index is 0.748. The number of nitrogens with zero attached hydrogens (tertiary/aromatic N) is 2. The van der Waals surface area contributed by atoms with Gasteiger partial charge in [0.05, 0.1) is 18.8 Å². The fraction of sp³-hybridized carbons (Fsp3) is 0.750. The van der Waals surface area contributed by atoms with Crippen molar-refractivity contribution >= 4 is 0 Å². The molecule has 1 saturated carbocycles. The summed E-state index contributed by atoms with van der Waals surface area (Å²) in [7, 11) is 0. The van der Waals surface area contributed by atoms with E-state index in [0.29, 0.717) is 0 Å². The number of nitrogens with one attached hydrogen (secondary N) is 1. The average Bonchev–Trinajstić information content (AvgIpc) is 3.02. The molecule has 16 heavy (non-hydrogen) atoms. The first kappa shape index (κ1) is 11.6. The lowest BCUT2D eigenvalue weighted by Crippen LogP contribution is -2.16. The van der Waals surface area contributed by atoms with Gasteiger partial charge in [-0.05, 0) is 25.3 Å². The van der Waals surface area contributed by atoms with Gasteiger partial charge >= 0.3 is 0 Å². The molecule has 0 saturated heterocycles. The van der Waals surface area contributed by atoms with Crippen LogP contribution in [0, 0.1) is 0 Å². The van der Waals surface area contributed by atoms with Crippen molar-refractivity contribution in [2.24, 2.45) is 0 Å². The molecule has 1 aromatic rings. The summed E-state index contributed by atoms with van der Waals surface area (Å²) in [6.07, 6.45) is 5.76. The molecule has 0 unspecified atom stereocenters. The van der Waals surface area contributed by atoms with E-state index < -0.39 is 0 Å². The molecule has 1 heterocycles. The average molecular weight is 223 g/mol. The molecular formula is C12H21N3O. The lowest BCUT2D eigenvalue weighted by atomic mass is 10.4. The van der Waals surface area contributed by atoms with Crippen LogP contribution in [0.2, 0.25) is 0 Å². The normalized spacial score (nSPS) is 15.6. The topological polar surface area (TPSA) is 39.1 Å². The van der Waals surface area contributed by atoms with Crippen LogP contribution >= 0.6 is 0 Å². The molecule has 4 nitrogen and oxygen atoms in total. The van der Waals surface area contributed by atoms with Gasteiger partial charge in [0, 0.05) is 25.4 Å². The molecule has 0 radical (unpaired) electrons. The Kier molecular flexibility index (Phi) is 4.36. The molecule has 2 rings (SSSR count). The van der Waals surface area contributed by atoms with Gasteiger partial charge in [-0.3, -0.25) is 4.68 Å². The highest BCUT2D eigenvalue weighted by Crippen LogP contribution is 2.18. The van der Waals surface area contributed by atoms with Crippen molar-refractivity contribution in [1.82, 2.24) is 15.1 Å². The monoisotopic (exact) mass is 223 g/mol. The van der Waals surface area contributed by atoms with E-state index in [9.17, 15) is 0 Å². The first-order valence-electron chi connectivity index (χ1n) is 6.22. The highest BCUT2D eigenvalue weighted by molar-refractivity contribution is 4.99. The van der Waals surface area contributed by atoms with Gasteiger partial charge < -0.3 is 10.1 Å². The number of ether oxygens (including phenoxy) is 1. The quantitative estimate of drug-likeness (QED) is 0.680. The lowest BCUT2D eigenvalue weighted by molar-refractivity contribution is 0.124. The third-order valence-electron chi connectivity index (χ3n) is 2.66. The van der Waals surface area contributed by atoms with Crippen LogP contribution in [0.15, 0.2) is 12.3 Å². The van der Waals surface area contributed by atoms with Gasteiger partial charge in [0.1, 0.15) is 0 Å². The standard InChI is InChI=1S/C12H21N3O/c1-2-8-16-9-7-15-6-5-12(14-15)10-13-11-3-4-11/h5-6,11,13H,2-4,7-10H2,1H3. The predicted molar refractivity (Wildman–Crippen MR) is 63.2 cm³/mol. The maximum atomic E-state index is 5.43. The van der Waals surface area contributed by atoms with Crippen LogP contribution in [-0.2, 0) is 17.8 Å². The summed E-state index contributed by atoms with van der Waals surface area (Å²) in [6.45, 7) is 5.47. The molecule has 4 heteroatoms. The van der Waals surface area contributed by atoms with Gasteiger partial charge in [0.15, 0.2) is 0 Å². The summed E-state index contributed by atoms with van der Waals surface area (Å²) in [5.74, 6) is 0. The highest BCUT2D eigenvalue weighted by Gasteiger charge is 2.20. The Hall–Kier alpha value is -0.870. The zero-order valence-electron chi connectivity index (χ0n) is 9.98. The van der Waals surface area contributed by atoms with Crippen LogP contribution < -0.4 is 5.32 Å². The summed E-state index contributed by atoms with van der Waals surface area (Å²) in [4.78, 5) is 0. The Morgan fingerprint density at radius 2 is 2.38 bits per heavy atom. The van der Waals surface area contributed by atoms with Crippen LogP contribution in [0.3, 0.4) is 0 Å². The molecular weight excluding hydrogens is 202 g/mol. The van der Waals surface area contributed by atoms with Crippen molar-refractivity contribution in [2.45, 2.75) is 45.3 Å². The van der Waals surface area contributed by atoms with E-state index in [-0.39, 0.29) is 0 Å². The predicted octanol–water partition coefficient (Wildman–Crippen LogP) is 1.56. The van der Waals surface area contributed by atoms with Crippen LogP contribution in [0.4, 0.5) is 0 Å². The van der Waals surface area contributed by atoms with Crippen LogP contribution in [0.25, 0.3) is 0 Å². The van der Waals surface area contributed by atoms with Crippen molar-refractivity contribution < 1.29 is 4.74 Å². The fourth-order valence-corrected chi connectivity index (χ4v) is 1.56. The molecule has 0 spiro atoms. The molecule has 1 aliphatic rings. The molecule has 0 atom stereocenters. The van der Waals surface area contributed by atoms with Crippen molar-refractivity contribution in [2.75, 3.05) is 13.2 Å². The molecule has 0 aliphatic heterocycles. The molecule has 0 amide bonds. The Bertz CT molecular complexity index is 307. The fourth-order valence-electron chi connectivity index (χ4n) is 1.56. The minimum atomic E-state index is 0.748. The van der Waals surface area contributed by atoms with Crippen LogP contribution in [-0.4, -0.2) is 29.0 Å². The zero-order valence-corrected chi connectivity index (χ0v) is 9.98. The highest BCUT2D eigenvalue weighted by atomic mass is 16.5. The third-order valence-corrected chi connectivity index (χ3v) is 2.66. The maximum absolute atomic E-state index is 5.43. The van der Waals surface area contributed by atoms with E-state index >= 15 is 0 Å². The SMILES string of the molecule is CCCOCCn1ccc(CNC2CC2)n1. The zero-order chi connectivity index (χ0) is 11.2. The van der Waals surface area contributed by atoms with E-state index in [1.165, 1.54) is 12.8 Å². The van der Waals surface area contributed by atoms with Gasteiger partial charge in [0.25, 0.3) is 0 Å². The van der Waals surface area contributed by atoms with Gasteiger partial charge in [-0.1, -0.05) is 6.92 Å². The van der Waals surface area contributed by atoms with Crippen molar-refractivity contribution in [3.63, 3.8) is 0 Å². The van der Waals surface area contributed by atoms with Gasteiger partial charge in [0.2, 0.25) is 0 Å². The molecule has 1 N–H and O–H groups in total. The first-order chi connectivity index (χ1) is 7.88. The summed E-state index contributed by atoms with van der Waals surface area (Å²) < 4.78 is 7.39. The summed E-state index contributed by atoms with van der Waals surface area (Å²) >= 11 is 0. The second-order valence-electron chi connectivity index (χ2n) is 4.34. The van der Waals surface area contributed by atoms with Crippen molar-refractivity contribution in [3.8, 4) is 0 Å². The Balaban J connectivity index is 1.64. The summed E-state index contributed by atoms with van der Waals surface area (Å²) in [5.41, 5.74) is 1.13. The second kappa shape index (κ2) is 6.01. The summed E-state index contributed by atoms with van der Waals surface area (Å²) in [5, 5.41) is 7.94. The molecule has 1 aliphatic carbocycles. The third kappa shape index (κ3) is 3.94. The van der Waals surface area contributed by atoms with Crippen LogP contribution in [0.5, 0.6) is 0 Å². The molecule has 1 aromatic heterocycles. The van der Waals surface area contributed by atoms with Crippen molar-refractivity contribution in [3.05, 3.63) is 18.0 Å². The lowest BCUT2D eigenvalue weighted by Gasteiger charge is -2.02. The maximum Gasteiger partial charge on any atom is 0.0762 e. The Labute approximate surface area is 97.0 Å². The Morgan fingerprint density at radius 3 is 3.12 bits per heavy atom. The molecule has 1 fully saturated rings. The number of rotatable bonds is 8. The largest absolute Gasteiger partial charge is 0.380 e. The number of hydrogen-bond donors (Lipinski definition) is 1. The smallest absolute Gasteiger partial charge is 0.0762 e. The van der Waals surface area contributed by atoms with Crippen molar-refractivity contribution in [1.29, 1.82) is 0 Å². The number of aromatic nitrogens is 2. The first-order valence-corrected chi connectivity index (χ1v) is 6.22. The van der Waals surface area contributed by atoms with E-state index in [4.69, 9.17) is 4.74 Å². The van der Waals surface area contributed by atoms with Crippen LogP contribution in [0.1, 0.15) is 31.9 Å². The van der Waals surface area contributed by atoms with Gasteiger partial charge in [-0.15, -0.1) is 0 Å². The van der Waals surface area contributed by atoms with Gasteiger partial charge in [-0.25, -0.2) is 0 Å². The molecule has 0 bridgehead atoms. The van der Waals surface area contributed by atoms with E-state index in [2.05, 4.69) is 23.4 Å². The van der Waals surface area contributed by atoms with E-state index in [1.807, 2.05) is 10.9 Å². The minimum Gasteiger partial charge on any atom is -0.380 e. The Morgan fingerprint density at radius 1 is 1.50 bits per heavy atom. The van der Waals surface area contributed by atoms with Gasteiger partial charge in [-0.2, -0.15) is 5.10 Å². The molecule has 0 aromatic carbocycles. The molecule has 90 valence electrons. The van der Waals surface area contributed by atoms with E-state index in [1.54, 1.807) is 0 Å². The van der Waals surface area contributed by atoms with E-state index in [0.717, 1.165) is 44.5 Å².